The highest BCUT2D eigenvalue weighted by Gasteiger charge is 2.21. The van der Waals surface area contributed by atoms with Gasteiger partial charge >= 0.3 is 0 Å². The molecule has 4 nitrogen and oxygen atoms in total. The van der Waals surface area contributed by atoms with Gasteiger partial charge < -0.3 is 15.0 Å². The average molecular weight is 233 g/mol. The monoisotopic (exact) mass is 233 g/mol. The zero-order valence-corrected chi connectivity index (χ0v) is 10.1. The van der Waals surface area contributed by atoms with E-state index in [1.54, 1.807) is 7.05 Å². The number of benzene rings is 1. The second-order valence-corrected chi connectivity index (χ2v) is 4.22. The first-order valence-electron chi connectivity index (χ1n) is 6.02. The molecule has 0 saturated carbocycles. The van der Waals surface area contributed by atoms with Crippen LogP contribution in [0.1, 0.15) is 12.8 Å². The Morgan fingerprint density at radius 3 is 2.53 bits per heavy atom. The lowest BCUT2D eigenvalue weighted by Gasteiger charge is -2.33. The van der Waals surface area contributed by atoms with E-state index in [1.165, 1.54) is 0 Å². The lowest BCUT2D eigenvalue weighted by molar-refractivity contribution is 0.129. The van der Waals surface area contributed by atoms with E-state index in [1.807, 2.05) is 35.2 Å². The molecule has 1 aliphatic heterocycles. The van der Waals surface area contributed by atoms with Gasteiger partial charge in [-0.05, 0) is 12.1 Å². The molecule has 2 rings (SSSR count). The number of nitrogens with zero attached hydrogens (tertiary/aromatic N) is 1. The van der Waals surface area contributed by atoms with Crippen molar-refractivity contribution in [2.45, 2.75) is 18.9 Å². The lowest BCUT2D eigenvalue weighted by atomic mass is 10.1. The molecule has 0 spiro atoms. The number of hydrogen-bond donors (Lipinski definition) is 2. The van der Waals surface area contributed by atoms with E-state index in [0.29, 0.717) is 5.96 Å². The highest BCUT2D eigenvalue weighted by atomic mass is 16.5. The van der Waals surface area contributed by atoms with Gasteiger partial charge in [0.15, 0.2) is 5.96 Å². The second kappa shape index (κ2) is 5.57. The number of nitrogens with one attached hydrogen (secondary N) is 2. The summed E-state index contributed by atoms with van der Waals surface area (Å²) < 4.78 is 5.90. The molecular formula is C13H19N3O. The van der Waals surface area contributed by atoms with Gasteiger partial charge in [-0.25, -0.2) is 0 Å². The van der Waals surface area contributed by atoms with E-state index in [4.69, 9.17) is 10.1 Å². The van der Waals surface area contributed by atoms with Crippen molar-refractivity contribution in [1.82, 2.24) is 10.2 Å². The van der Waals surface area contributed by atoms with E-state index in [2.05, 4.69) is 5.32 Å². The Hall–Kier alpha value is -1.71. The van der Waals surface area contributed by atoms with Gasteiger partial charge in [-0.2, -0.15) is 0 Å². The molecule has 1 aliphatic rings. The number of likely N-dealkylation sites (tertiary alicyclic amines) is 1. The van der Waals surface area contributed by atoms with Gasteiger partial charge in [-0.15, -0.1) is 0 Å². The summed E-state index contributed by atoms with van der Waals surface area (Å²) in [4.78, 5) is 2.05. The summed E-state index contributed by atoms with van der Waals surface area (Å²) in [5, 5.41) is 10.6. The fourth-order valence-corrected chi connectivity index (χ4v) is 2.05. The molecule has 4 heteroatoms. The third-order valence-corrected chi connectivity index (χ3v) is 3.04. The van der Waals surface area contributed by atoms with E-state index in [9.17, 15) is 0 Å². The molecule has 1 saturated heterocycles. The Kier molecular flexibility index (Phi) is 3.85. The van der Waals surface area contributed by atoms with Gasteiger partial charge in [-0.1, -0.05) is 18.2 Å². The highest BCUT2D eigenvalue weighted by molar-refractivity contribution is 5.76. The Labute approximate surface area is 102 Å². The third-order valence-electron chi connectivity index (χ3n) is 3.04. The lowest BCUT2D eigenvalue weighted by Crippen LogP contribution is -2.45. The van der Waals surface area contributed by atoms with Gasteiger partial charge in [0, 0.05) is 33.0 Å². The molecule has 0 aromatic heterocycles. The molecule has 0 atom stereocenters. The minimum absolute atomic E-state index is 0.276. The predicted molar refractivity (Wildman–Crippen MR) is 68.5 cm³/mol. The minimum atomic E-state index is 0.276. The fourth-order valence-electron chi connectivity index (χ4n) is 2.05. The van der Waals surface area contributed by atoms with Crippen molar-refractivity contribution >= 4 is 5.96 Å². The fraction of sp³-hybridized carbons (Fsp3) is 0.462. The van der Waals surface area contributed by atoms with Gasteiger partial charge in [0.2, 0.25) is 0 Å². The van der Waals surface area contributed by atoms with Crippen molar-refractivity contribution in [3.63, 3.8) is 0 Å². The van der Waals surface area contributed by atoms with Crippen molar-refractivity contribution in [3.8, 4) is 5.75 Å². The molecule has 92 valence electrons. The van der Waals surface area contributed by atoms with Crippen LogP contribution in [0, 0.1) is 5.41 Å². The second-order valence-electron chi connectivity index (χ2n) is 4.22. The zero-order valence-electron chi connectivity index (χ0n) is 10.1. The SMILES string of the molecule is CNC(=N)N1CCC(Oc2ccccc2)CC1. The number of guanidine groups is 1. The number of ether oxygens (including phenoxy) is 1. The van der Waals surface area contributed by atoms with E-state index in [0.717, 1.165) is 31.7 Å². The maximum Gasteiger partial charge on any atom is 0.190 e. The van der Waals surface area contributed by atoms with Gasteiger partial charge in [0.1, 0.15) is 11.9 Å². The van der Waals surface area contributed by atoms with Crippen molar-refractivity contribution < 1.29 is 4.74 Å². The third kappa shape index (κ3) is 3.12. The molecule has 1 heterocycles. The Balaban J connectivity index is 1.82. The minimum Gasteiger partial charge on any atom is -0.490 e. The van der Waals surface area contributed by atoms with E-state index >= 15 is 0 Å². The topological polar surface area (TPSA) is 48.4 Å². The van der Waals surface area contributed by atoms with Crippen LogP contribution < -0.4 is 10.1 Å². The zero-order chi connectivity index (χ0) is 12.1. The summed E-state index contributed by atoms with van der Waals surface area (Å²) >= 11 is 0. The Bertz CT molecular complexity index is 358. The molecule has 0 bridgehead atoms. The van der Waals surface area contributed by atoms with Crippen molar-refractivity contribution in [2.75, 3.05) is 20.1 Å². The highest BCUT2D eigenvalue weighted by Crippen LogP contribution is 2.18. The molecule has 0 radical (unpaired) electrons. The number of hydrogen-bond acceptors (Lipinski definition) is 2. The van der Waals surface area contributed by atoms with Crippen molar-refractivity contribution in [2.24, 2.45) is 0 Å². The first-order valence-corrected chi connectivity index (χ1v) is 6.02. The molecule has 1 fully saturated rings. The number of para-hydroxylation sites is 1. The van der Waals surface area contributed by atoms with Crippen LogP contribution in [-0.4, -0.2) is 37.1 Å². The van der Waals surface area contributed by atoms with Gasteiger partial charge in [0.25, 0.3) is 0 Å². The average Bonchev–Trinajstić information content (AvgIpc) is 2.40. The Morgan fingerprint density at radius 1 is 1.29 bits per heavy atom. The van der Waals surface area contributed by atoms with E-state index in [-0.39, 0.29) is 6.10 Å². The summed E-state index contributed by atoms with van der Waals surface area (Å²) in [5.41, 5.74) is 0. The summed E-state index contributed by atoms with van der Waals surface area (Å²) in [7, 11) is 1.79. The molecule has 0 amide bonds. The van der Waals surface area contributed by atoms with E-state index < -0.39 is 0 Å². The normalized spacial score (nSPS) is 16.6. The Morgan fingerprint density at radius 2 is 1.94 bits per heavy atom. The summed E-state index contributed by atoms with van der Waals surface area (Å²) in [6.07, 6.45) is 2.22. The van der Waals surface area contributed by atoms with Gasteiger partial charge in [0.05, 0.1) is 0 Å². The quantitative estimate of drug-likeness (QED) is 0.603. The van der Waals surface area contributed by atoms with Crippen LogP contribution in [0.5, 0.6) is 5.75 Å². The maximum atomic E-state index is 7.69. The first-order chi connectivity index (χ1) is 8.29. The molecule has 1 aromatic carbocycles. The molecule has 17 heavy (non-hydrogen) atoms. The van der Waals surface area contributed by atoms with Crippen LogP contribution >= 0.6 is 0 Å². The predicted octanol–water partition coefficient (Wildman–Crippen LogP) is 1.68. The number of rotatable bonds is 2. The van der Waals surface area contributed by atoms with Crippen LogP contribution in [0.15, 0.2) is 30.3 Å². The molecule has 2 N–H and O–H groups in total. The van der Waals surface area contributed by atoms with Crippen molar-refractivity contribution in [3.05, 3.63) is 30.3 Å². The molecule has 1 aromatic rings. The van der Waals surface area contributed by atoms with Crippen molar-refractivity contribution in [1.29, 1.82) is 5.41 Å². The number of piperidine rings is 1. The molecule has 0 aliphatic carbocycles. The van der Waals surface area contributed by atoms with Crippen LogP contribution in [0.25, 0.3) is 0 Å². The van der Waals surface area contributed by atoms with Crippen LogP contribution in [-0.2, 0) is 0 Å². The molecular weight excluding hydrogens is 214 g/mol. The van der Waals surface area contributed by atoms with Gasteiger partial charge in [-0.3, -0.25) is 5.41 Å². The molecule has 0 unspecified atom stereocenters. The largest absolute Gasteiger partial charge is 0.490 e. The van der Waals surface area contributed by atoms with Crippen LogP contribution in [0.4, 0.5) is 0 Å². The summed E-state index contributed by atoms with van der Waals surface area (Å²) in [5.74, 6) is 1.44. The standard InChI is InChI=1S/C13H19N3O/c1-15-13(14)16-9-7-12(8-10-16)17-11-5-3-2-4-6-11/h2-6,12H,7-10H2,1H3,(H2,14,15). The smallest absolute Gasteiger partial charge is 0.190 e. The maximum absolute atomic E-state index is 7.69. The first kappa shape index (κ1) is 11.8. The van der Waals surface area contributed by atoms with Crippen LogP contribution in [0.3, 0.4) is 0 Å². The summed E-state index contributed by atoms with van der Waals surface area (Å²) in [6.45, 7) is 1.77. The summed E-state index contributed by atoms with van der Waals surface area (Å²) in [6, 6.07) is 9.94. The van der Waals surface area contributed by atoms with Crippen LogP contribution in [0.2, 0.25) is 0 Å².